The Bertz CT molecular complexity index is 342. The Kier molecular flexibility index (Phi) is 5.38. The van der Waals surface area contributed by atoms with Crippen molar-refractivity contribution < 1.29 is 4.39 Å². The molecule has 1 aromatic rings. The lowest BCUT2D eigenvalue weighted by Gasteiger charge is -2.17. The van der Waals surface area contributed by atoms with E-state index in [4.69, 9.17) is 0 Å². The molecule has 0 aliphatic heterocycles. The second-order valence-corrected chi connectivity index (χ2v) is 5.06. The number of benzene rings is 1. The van der Waals surface area contributed by atoms with Crippen molar-refractivity contribution in [1.29, 1.82) is 0 Å². The van der Waals surface area contributed by atoms with E-state index in [-0.39, 0.29) is 11.9 Å². The molecule has 0 heterocycles. The van der Waals surface area contributed by atoms with Crippen LogP contribution >= 0.6 is 15.9 Å². The van der Waals surface area contributed by atoms with Gasteiger partial charge in [-0.3, -0.25) is 0 Å². The minimum absolute atomic E-state index is 0.0254. The summed E-state index contributed by atoms with van der Waals surface area (Å²) in [5.74, 6) is -0.159. The molecule has 1 aromatic carbocycles. The second kappa shape index (κ2) is 6.33. The molecule has 4 heteroatoms. The van der Waals surface area contributed by atoms with Crippen molar-refractivity contribution in [2.24, 2.45) is 0 Å². The summed E-state index contributed by atoms with van der Waals surface area (Å²) in [6, 6.07) is 5.05. The monoisotopic (exact) mass is 288 g/mol. The number of hydrogen-bond acceptors (Lipinski definition) is 2. The highest BCUT2D eigenvalue weighted by Crippen LogP contribution is 2.21. The van der Waals surface area contributed by atoms with Gasteiger partial charge < -0.3 is 10.2 Å². The van der Waals surface area contributed by atoms with Gasteiger partial charge in [0.1, 0.15) is 5.82 Å². The van der Waals surface area contributed by atoms with Crippen LogP contribution in [0.1, 0.15) is 18.5 Å². The molecule has 1 N–H and O–H groups in total. The first-order valence-corrected chi connectivity index (χ1v) is 6.13. The third kappa shape index (κ3) is 4.20. The first-order chi connectivity index (χ1) is 7.50. The van der Waals surface area contributed by atoms with Gasteiger partial charge in [-0.05, 0) is 39.2 Å². The molecular weight excluding hydrogens is 271 g/mol. The Morgan fingerprint density at radius 3 is 2.75 bits per heavy atom. The van der Waals surface area contributed by atoms with E-state index in [1.54, 1.807) is 6.07 Å². The van der Waals surface area contributed by atoms with Crippen molar-refractivity contribution in [3.05, 3.63) is 34.1 Å². The van der Waals surface area contributed by atoms with Gasteiger partial charge >= 0.3 is 0 Å². The van der Waals surface area contributed by atoms with Gasteiger partial charge in [-0.1, -0.05) is 15.9 Å². The first-order valence-electron chi connectivity index (χ1n) is 5.33. The van der Waals surface area contributed by atoms with Gasteiger partial charge in [-0.25, -0.2) is 4.39 Å². The van der Waals surface area contributed by atoms with E-state index < -0.39 is 0 Å². The molecule has 0 saturated heterocycles. The summed E-state index contributed by atoms with van der Waals surface area (Å²) < 4.78 is 14.4. The van der Waals surface area contributed by atoms with Gasteiger partial charge in [0.2, 0.25) is 0 Å². The number of hydrogen-bond donors (Lipinski definition) is 1. The number of halogens is 2. The standard InChI is InChI=1S/C12H18BrFN2/c1-9(15-6-7-16(2)3)11-8-10(13)4-5-12(11)14/h4-5,8-9,15H,6-7H2,1-3H3. The van der Waals surface area contributed by atoms with Gasteiger partial charge in [-0.15, -0.1) is 0 Å². The highest BCUT2D eigenvalue weighted by molar-refractivity contribution is 9.10. The fourth-order valence-electron chi connectivity index (χ4n) is 1.46. The summed E-state index contributed by atoms with van der Waals surface area (Å²) in [4.78, 5) is 2.09. The van der Waals surface area contributed by atoms with Crippen molar-refractivity contribution in [2.75, 3.05) is 27.2 Å². The largest absolute Gasteiger partial charge is 0.309 e. The van der Waals surface area contributed by atoms with Crippen molar-refractivity contribution in [3.8, 4) is 0 Å². The molecule has 1 rings (SSSR count). The molecule has 0 bridgehead atoms. The zero-order valence-electron chi connectivity index (χ0n) is 9.93. The molecule has 0 amide bonds. The molecule has 0 aromatic heterocycles. The molecule has 0 aliphatic rings. The van der Waals surface area contributed by atoms with E-state index in [9.17, 15) is 4.39 Å². The van der Waals surface area contributed by atoms with Gasteiger partial charge in [0, 0.05) is 29.2 Å². The molecule has 0 radical (unpaired) electrons. The minimum Gasteiger partial charge on any atom is -0.309 e. The van der Waals surface area contributed by atoms with Crippen LogP contribution in [0.5, 0.6) is 0 Å². The Morgan fingerprint density at radius 2 is 2.12 bits per heavy atom. The van der Waals surface area contributed by atoms with E-state index >= 15 is 0 Å². The average Bonchev–Trinajstić information content (AvgIpc) is 2.21. The Labute approximate surface area is 105 Å². The summed E-state index contributed by atoms with van der Waals surface area (Å²) >= 11 is 3.35. The van der Waals surface area contributed by atoms with Crippen LogP contribution in [0.3, 0.4) is 0 Å². The number of rotatable bonds is 5. The summed E-state index contributed by atoms with van der Waals surface area (Å²) in [6.07, 6.45) is 0. The predicted octanol–water partition coefficient (Wildman–Crippen LogP) is 2.80. The summed E-state index contributed by atoms with van der Waals surface area (Å²) in [7, 11) is 4.04. The SMILES string of the molecule is CC(NCCN(C)C)c1cc(Br)ccc1F. The maximum atomic E-state index is 13.5. The maximum Gasteiger partial charge on any atom is 0.128 e. The molecule has 1 atom stereocenters. The van der Waals surface area contributed by atoms with E-state index in [2.05, 4.69) is 26.1 Å². The molecule has 0 aliphatic carbocycles. The van der Waals surface area contributed by atoms with Crippen LogP contribution in [-0.4, -0.2) is 32.1 Å². The first kappa shape index (κ1) is 13.6. The Balaban J connectivity index is 2.58. The molecule has 0 fully saturated rings. The Hall–Kier alpha value is -0.450. The molecule has 90 valence electrons. The predicted molar refractivity (Wildman–Crippen MR) is 69.1 cm³/mol. The zero-order chi connectivity index (χ0) is 12.1. The third-order valence-corrected chi connectivity index (χ3v) is 2.93. The lowest BCUT2D eigenvalue weighted by Crippen LogP contribution is -2.28. The summed E-state index contributed by atoms with van der Waals surface area (Å²) in [6.45, 7) is 3.76. The van der Waals surface area contributed by atoms with E-state index in [0.717, 1.165) is 17.6 Å². The highest BCUT2D eigenvalue weighted by Gasteiger charge is 2.10. The third-order valence-electron chi connectivity index (χ3n) is 2.43. The minimum atomic E-state index is -0.159. The lowest BCUT2D eigenvalue weighted by molar-refractivity contribution is 0.387. The van der Waals surface area contributed by atoms with Crippen molar-refractivity contribution in [3.63, 3.8) is 0 Å². The fraction of sp³-hybridized carbons (Fsp3) is 0.500. The number of likely N-dealkylation sites (N-methyl/N-ethyl adjacent to an activating group) is 1. The van der Waals surface area contributed by atoms with Crippen LogP contribution in [0.15, 0.2) is 22.7 Å². The van der Waals surface area contributed by atoms with Gasteiger partial charge in [0.05, 0.1) is 0 Å². The molecule has 1 unspecified atom stereocenters. The van der Waals surface area contributed by atoms with Crippen LogP contribution in [0.2, 0.25) is 0 Å². The normalized spacial score (nSPS) is 13.1. The maximum absolute atomic E-state index is 13.5. The van der Waals surface area contributed by atoms with Crippen LogP contribution in [0.25, 0.3) is 0 Å². The van der Waals surface area contributed by atoms with Gasteiger partial charge in [-0.2, -0.15) is 0 Å². The van der Waals surface area contributed by atoms with Crippen LogP contribution in [-0.2, 0) is 0 Å². The Morgan fingerprint density at radius 1 is 1.44 bits per heavy atom. The van der Waals surface area contributed by atoms with Crippen LogP contribution in [0.4, 0.5) is 4.39 Å². The number of nitrogens with one attached hydrogen (secondary N) is 1. The summed E-state index contributed by atoms with van der Waals surface area (Å²) in [5, 5.41) is 3.30. The molecule has 0 spiro atoms. The van der Waals surface area contributed by atoms with E-state index in [1.807, 2.05) is 27.1 Å². The molecule has 0 saturated carbocycles. The van der Waals surface area contributed by atoms with Crippen LogP contribution < -0.4 is 5.32 Å². The molecule has 16 heavy (non-hydrogen) atoms. The van der Waals surface area contributed by atoms with E-state index in [1.165, 1.54) is 6.07 Å². The highest BCUT2D eigenvalue weighted by atomic mass is 79.9. The average molecular weight is 289 g/mol. The smallest absolute Gasteiger partial charge is 0.128 e. The lowest BCUT2D eigenvalue weighted by atomic mass is 10.1. The van der Waals surface area contributed by atoms with Crippen LogP contribution in [0, 0.1) is 5.82 Å². The molecule has 2 nitrogen and oxygen atoms in total. The summed E-state index contributed by atoms with van der Waals surface area (Å²) in [5.41, 5.74) is 0.702. The van der Waals surface area contributed by atoms with E-state index in [0.29, 0.717) is 5.56 Å². The quantitative estimate of drug-likeness (QED) is 0.896. The number of nitrogens with zero attached hydrogens (tertiary/aromatic N) is 1. The van der Waals surface area contributed by atoms with Crippen molar-refractivity contribution >= 4 is 15.9 Å². The zero-order valence-corrected chi connectivity index (χ0v) is 11.5. The second-order valence-electron chi connectivity index (χ2n) is 4.14. The topological polar surface area (TPSA) is 15.3 Å². The van der Waals surface area contributed by atoms with Crippen molar-refractivity contribution in [1.82, 2.24) is 10.2 Å². The van der Waals surface area contributed by atoms with Gasteiger partial charge in [0.25, 0.3) is 0 Å². The van der Waals surface area contributed by atoms with Crippen molar-refractivity contribution in [2.45, 2.75) is 13.0 Å². The fourth-order valence-corrected chi connectivity index (χ4v) is 1.84. The van der Waals surface area contributed by atoms with Gasteiger partial charge in [0.15, 0.2) is 0 Å². The molecular formula is C12H18BrFN2.